The summed E-state index contributed by atoms with van der Waals surface area (Å²) in [5, 5.41) is 3.08. The summed E-state index contributed by atoms with van der Waals surface area (Å²) in [6, 6.07) is 19.7. The van der Waals surface area contributed by atoms with Crippen molar-refractivity contribution in [2.45, 2.75) is 18.6 Å². The van der Waals surface area contributed by atoms with Crippen LogP contribution >= 0.6 is 23.4 Å². The number of amides is 1. The molecular formula is C25H21ClFN3O3S. The lowest BCUT2D eigenvalue weighted by molar-refractivity contribution is -0.144. The topological polar surface area (TPSA) is 73.2 Å². The van der Waals surface area contributed by atoms with E-state index in [-0.39, 0.29) is 10.8 Å². The summed E-state index contributed by atoms with van der Waals surface area (Å²) in [6.07, 6.45) is 0. The number of ether oxygens (including phenoxy) is 1. The number of thioether (sulfide) groups is 1. The van der Waals surface area contributed by atoms with Crippen molar-refractivity contribution < 1.29 is 18.7 Å². The molecule has 0 spiro atoms. The lowest BCUT2D eigenvalue weighted by Gasteiger charge is -2.11. The molecule has 6 nitrogen and oxygen atoms in total. The van der Waals surface area contributed by atoms with E-state index in [0.29, 0.717) is 17.4 Å². The van der Waals surface area contributed by atoms with Gasteiger partial charge in [-0.15, -0.1) is 0 Å². The van der Waals surface area contributed by atoms with Crippen molar-refractivity contribution >= 4 is 52.0 Å². The molecule has 1 amide bonds. The molecule has 1 N–H and O–H groups in total. The first-order valence-electron chi connectivity index (χ1n) is 10.4. The maximum Gasteiger partial charge on any atom is 0.316 e. The lowest BCUT2D eigenvalue weighted by Crippen LogP contribution is -2.21. The van der Waals surface area contributed by atoms with E-state index in [1.807, 2.05) is 36.4 Å². The smallest absolute Gasteiger partial charge is 0.316 e. The van der Waals surface area contributed by atoms with Gasteiger partial charge in [0.05, 0.1) is 28.4 Å². The highest BCUT2D eigenvalue weighted by atomic mass is 35.5. The van der Waals surface area contributed by atoms with Crippen LogP contribution < -0.4 is 5.32 Å². The second kappa shape index (κ2) is 10.7. The van der Waals surface area contributed by atoms with Crippen LogP contribution in [0.4, 0.5) is 10.1 Å². The van der Waals surface area contributed by atoms with Crippen LogP contribution in [0, 0.1) is 12.7 Å². The summed E-state index contributed by atoms with van der Waals surface area (Å²) in [5.41, 5.74) is 4.45. The molecule has 0 saturated carbocycles. The molecule has 0 fully saturated rings. The predicted molar refractivity (Wildman–Crippen MR) is 132 cm³/mol. The van der Waals surface area contributed by atoms with E-state index in [4.69, 9.17) is 16.3 Å². The summed E-state index contributed by atoms with van der Waals surface area (Å²) >= 11 is 6.96. The van der Waals surface area contributed by atoms with E-state index in [9.17, 15) is 14.0 Å². The van der Waals surface area contributed by atoms with Gasteiger partial charge in [-0.25, -0.2) is 9.37 Å². The number of nitrogens with one attached hydrogen (secondary N) is 1. The Morgan fingerprint density at radius 2 is 1.88 bits per heavy atom. The van der Waals surface area contributed by atoms with Gasteiger partial charge in [0.2, 0.25) is 0 Å². The molecule has 0 unspecified atom stereocenters. The van der Waals surface area contributed by atoms with Crippen molar-refractivity contribution in [1.29, 1.82) is 0 Å². The average Bonchev–Trinajstić information content (AvgIpc) is 3.17. The fraction of sp³-hybridized carbons (Fsp3) is 0.160. The van der Waals surface area contributed by atoms with Crippen LogP contribution in [0.25, 0.3) is 11.0 Å². The Balaban J connectivity index is 1.38. The Bertz CT molecular complexity index is 1360. The van der Waals surface area contributed by atoms with E-state index in [0.717, 1.165) is 22.7 Å². The Labute approximate surface area is 205 Å². The van der Waals surface area contributed by atoms with Gasteiger partial charge >= 0.3 is 5.97 Å². The molecule has 1 heterocycles. The molecule has 0 atom stereocenters. The van der Waals surface area contributed by atoms with Gasteiger partial charge in [0.25, 0.3) is 5.91 Å². The van der Waals surface area contributed by atoms with Crippen molar-refractivity contribution in [3.63, 3.8) is 0 Å². The van der Waals surface area contributed by atoms with Crippen LogP contribution in [0.3, 0.4) is 0 Å². The van der Waals surface area contributed by atoms with Gasteiger partial charge in [-0.3, -0.25) is 9.59 Å². The largest absolute Gasteiger partial charge is 0.455 e. The van der Waals surface area contributed by atoms with Crippen LogP contribution in [0.2, 0.25) is 5.02 Å². The third-order valence-corrected chi connectivity index (χ3v) is 6.34. The van der Waals surface area contributed by atoms with Crippen LogP contribution in [0.1, 0.15) is 11.1 Å². The molecular weight excluding hydrogens is 477 g/mol. The molecule has 0 aliphatic heterocycles. The number of rotatable bonds is 8. The number of imidazole rings is 1. The number of anilines is 1. The monoisotopic (exact) mass is 497 g/mol. The molecule has 4 rings (SSSR count). The van der Waals surface area contributed by atoms with Gasteiger partial charge < -0.3 is 14.6 Å². The van der Waals surface area contributed by atoms with Crippen molar-refractivity contribution in [1.82, 2.24) is 9.55 Å². The predicted octanol–water partition coefficient (Wildman–Crippen LogP) is 5.46. The number of hydrogen-bond donors (Lipinski definition) is 1. The zero-order valence-electron chi connectivity index (χ0n) is 18.3. The fourth-order valence-electron chi connectivity index (χ4n) is 3.36. The summed E-state index contributed by atoms with van der Waals surface area (Å²) in [7, 11) is 0. The second-order valence-corrected chi connectivity index (χ2v) is 8.87. The minimum atomic E-state index is -0.587. The first-order chi connectivity index (χ1) is 16.4. The van der Waals surface area contributed by atoms with Crippen LogP contribution in [-0.4, -0.2) is 33.8 Å². The van der Waals surface area contributed by atoms with Gasteiger partial charge in [0.1, 0.15) is 5.82 Å². The number of benzene rings is 3. The Hall–Kier alpha value is -3.36. The number of aryl methyl sites for hydroxylation is 1. The highest BCUT2D eigenvalue weighted by Crippen LogP contribution is 2.26. The molecule has 0 aliphatic carbocycles. The van der Waals surface area contributed by atoms with Crippen molar-refractivity contribution in [3.05, 3.63) is 88.7 Å². The summed E-state index contributed by atoms with van der Waals surface area (Å²) in [4.78, 5) is 29.0. The van der Waals surface area contributed by atoms with Crippen molar-refractivity contribution in [3.8, 4) is 0 Å². The SMILES string of the molecule is Cc1ccccc1Cn1c(SCC(=O)OCC(=O)Nc2ccc(F)c(Cl)c2)nc2ccccc21. The van der Waals surface area contributed by atoms with E-state index in [2.05, 4.69) is 33.9 Å². The van der Waals surface area contributed by atoms with E-state index >= 15 is 0 Å². The average molecular weight is 498 g/mol. The number of halogens is 2. The number of nitrogens with zero attached hydrogens (tertiary/aromatic N) is 2. The van der Waals surface area contributed by atoms with Gasteiger partial charge in [-0.2, -0.15) is 0 Å². The number of fused-ring (bicyclic) bond motifs is 1. The molecule has 0 saturated heterocycles. The Kier molecular flexibility index (Phi) is 7.49. The molecule has 4 aromatic rings. The minimum absolute atomic E-state index is 0.00719. The minimum Gasteiger partial charge on any atom is -0.455 e. The van der Waals surface area contributed by atoms with E-state index in [1.54, 1.807) is 0 Å². The molecule has 34 heavy (non-hydrogen) atoms. The number of para-hydroxylation sites is 2. The maximum absolute atomic E-state index is 13.2. The summed E-state index contributed by atoms with van der Waals surface area (Å²) in [5.74, 6) is -1.69. The number of carbonyl (C=O) groups excluding carboxylic acids is 2. The fourth-order valence-corrected chi connectivity index (χ4v) is 4.35. The zero-order valence-corrected chi connectivity index (χ0v) is 19.8. The number of hydrogen-bond acceptors (Lipinski definition) is 5. The molecule has 174 valence electrons. The third-order valence-electron chi connectivity index (χ3n) is 5.10. The maximum atomic E-state index is 13.2. The van der Waals surface area contributed by atoms with Gasteiger partial charge in [0, 0.05) is 5.69 Å². The summed E-state index contributed by atoms with van der Waals surface area (Å²) in [6.45, 7) is 2.21. The lowest BCUT2D eigenvalue weighted by atomic mass is 10.1. The first kappa shape index (κ1) is 23.8. The first-order valence-corrected chi connectivity index (χ1v) is 11.8. The molecule has 0 aliphatic rings. The van der Waals surface area contributed by atoms with Crippen molar-refractivity contribution in [2.75, 3.05) is 17.7 Å². The quantitative estimate of drug-likeness (QED) is 0.258. The Morgan fingerprint density at radius 3 is 2.68 bits per heavy atom. The van der Waals surface area contributed by atoms with Crippen LogP contribution in [0.5, 0.6) is 0 Å². The number of aromatic nitrogens is 2. The van der Waals surface area contributed by atoms with Gasteiger partial charge in [-0.1, -0.05) is 59.8 Å². The normalized spacial score (nSPS) is 10.9. The van der Waals surface area contributed by atoms with E-state index < -0.39 is 24.3 Å². The highest BCUT2D eigenvalue weighted by molar-refractivity contribution is 7.99. The molecule has 9 heteroatoms. The van der Waals surface area contributed by atoms with Crippen LogP contribution in [-0.2, 0) is 20.9 Å². The van der Waals surface area contributed by atoms with Gasteiger partial charge in [-0.05, 0) is 48.4 Å². The Morgan fingerprint density at radius 1 is 1.12 bits per heavy atom. The molecule has 1 aromatic heterocycles. The van der Waals surface area contributed by atoms with Gasteiger partial charge in [0.15, 0.2) is 11.8 Å². The summed E-state index contributed by atoms with van der Waals surface area (Å²) < 4.78 is 20.4. The zero-order chi connectivity index (χ0) is 24.1. The second-order valence-electron chi connectivity index (χ2n) is 7.52. The third kappa shape index (κ3) is 5.76. The van der Waals surface area contributed by atoms with Crippen molar-refractivity contribution in [2.24, 2.45) is 0 Å². The molecule has 0 radical (unpaired) electrons. The number of esters is 1. The van der Waals surface area contributed by atoms with Crippen LogP contribution in [0.15, 0.2) is 71.9 Å². The highest BCUT2D eigenvalue weighted by Gasteiger charge is 2.15. The molecule has 0 bridgehead atoms. The van der Waals surface area contributed by atoms with E-state index in [1.165, 1.54) is 29.5 Å². The standard InChI is InChI=1S/C25H21ClFN3O3S/c1-16-6-2-3-7-17(16)13-30-22-9-5-4-8-21(22)29-25(30)34-15-24(32)33-14-23(31)28-18-10-11-20(27)19(26)12-18/h2-12H,13-15H2,1H3,(H,28,31). The molecule has 3 aromatic carbocycles. The number of carbonyl (C=O) groups is 2.